The molecule has 0 unspecified atom stereocenters. The highest BCUT2D eigenvalue weighted by atomic mass is 16.5. The maximum absolute atomic E-state index is 11.8. The molecule has 1 heterocycles. The Morgan fingerprint density at radius 1 is 1.17 bits per heavy atom. The molecule has 24 heavy (non-hydrogen) atoms. The number of hydrogen-bond donors (Lipinski definition) is 1. The third-order valence-electron chi connectivity index (χ3n) is 3.41. The number of hydrogen-bond acceptors (Lipinski definition) is 6. The number of carbonyl (C=O) groups excluding carboxylic acids is 3. The Morgan fingerprint density at radius 3 is 2.50 bits per heavy atom. The molecule has 2 aromatic rings. The van der Waals surface area contributed by atoms with Crippen LogP contribution in [0.5, 0.6) is 0 Å². The Hall–Kier alpha value is -2.96. The summed E-state index contributed by atoms with van der Waals surface area (Å²) in [5.74, 6) is -1.08. The van der Waals surface area contributed by atoms with Crippen LogP contribution in [0.3, 0.4) is 0 Å². The zero-order valence-electron chi connectivity index (χ0n) is 13.5. The van der Waals surface area contributed by atoms with E-state index in [1.54, 1.807) is 44.2 Å². The second kappa shape index (κ2) is 8.05. The van der Waals surface area contributed by atoms with Crippen molar-refractivity contribution >= 4 is 17.8 Å². The number of amides is 2. The van der Waals surface area contributed by atoms with Gasteiger partial charge in [0.25, 0.3) is 11.8 Å². The van der Waals surface area contributed by atoms with Crippen molar-refractivity contribution in [3.05, 3.63) is 52.9 Å². The van der Waals surface area contributed by atoms with Crippen LogP contribution in [0, 0.1) is 13.8 Å². The molecule has 0 radical (unpaired) electrons. The third kappa shape index (κ3) is 4.77. The van der Waals surface area contributed by atoms with Crippen molar-refractivity contribution in [3.63, 3.8) is 0 Å². The van der Waals surface area contributed by atoms with E-state index in [9.17, 15) is 14.4 Å². The van der Waals surface area contributed by atoms with Gasteiger partial charge in [0.1, 0.15) is 5.76 Å². The van der Waals surface area contributed by atoms with Crippen LogP contribution < -0.4 is 5.32 Å². The van der Waals surface area contributed by atoms with Crippen molar-refractivity contribution in [2.75, 3.05) is 6.61 Å². The molecule has 0 aliphatic rings. The van der Waals surface area contributed by atoms with Crippen LogP contribution in [0.1, 0.15) is 33.8 Å². The van der Waals surface area contributed by atoms with Gasteiger partial charge in [0.05, 0.1) is 5.69 Å². The number of rotatable bonds is 6. The van der Waals surface area contributed by atoms with Gasteiger partial charge in [0, 0.05) is 17.5 Å². The first-order chi connectivity index (χ1) is 11.5. The molecule has 0 fully saturated rings. The van der Waals surface area contributed by atoms with Crippen LogP contribution >= 0.6 is 0 Å². The zero-order valence-corrected chi connectivity index (χ0v) is 13.5. The van der Waals surface area contributed by atoms with Gasteiger partial charge in [0.15, 0.2) is 6.61 Å². The molecule has 7 heteroatoms. The largest absolute Gasteiger partial charge is 0.456 e. The lowest BCUT2D eigenvalue weighted by atomic mass is 10.1. The van der Waals surface area contributed by atoms with Gasteiger partial charge in [-0.3, -0.25) is 19.7 Å². The lowest BCUT2D eigenvalue weighted by molar-refractivity contribution is -0.148. The van der Waals surface area contributed by atoms with Crippen molar-refractivity contribution < 1.29 is 23.6 Å². The molecule has 7 nitrogen and oxygen atoms in total. The fourth-order valence-corrected chi connectivity index (χ4v) is 2.13. The number of benzene rings is 1. The highest BCUT2D eigenvalue weighted by Gasteiger charge is 2.14. The number of aryl methyl sites for hydroxylation is 2. The molecule has 2 amide bonds. The van der Waals surface area contributed by atoms with Gasteiger partial charge in [-0.2, -0.15) is 0 Å². The third-order valence-corrected chi connectivity index (χ3v) is 3.41. The van der Waals surface area contributed by atoms with E-state index in [0.29, 0.717) is 17.7 Å². The van der Waals surface area contributed by atoms with Crippen LogP contribution in [-0.2, 0) is 20.7 Å². The summed E-state index contributed by atoms with van der Waals surface area (Å²) >= 11 is 0. The highest BCUT2D eigenvalue weighted by molar-refractivity contribution is 6.05. The van der Waals surface area contributed by atoms with E-state index in [0.717, 1.165) is 11.3 Å². The predicted octanol–water partition coefficient (Wildman–Crippen LogP) is 1.72. The van der Waals surface area contributed by atoms with Crippen molar-refractivity contribution in [3.8, 4) is 0 Å². The maximum atomic E-state index is 11.8. The number of aromatic nitrogens is 1. The van der Waals surface area contributed by atoms with Gasteiger partial charge < -0.3 is 9.26 Å². The molecule has 0 saturated carbocycles. The average molecular weight is 330 g/mol. The molecule has 0 aliphatic carbocycles. The SMILES string of the molecule is Cc1noc(C)c1CCC(=O)OCC(=O)NC(=O)c1ccccc1. The Bertz CT molecular complexity index is 717. The quantitative estimate of drug-likeness (QED) is 0.810. The fourth-order valence-electron chi connectivity index (χ4n) is 2.13. The molecule has 0 aliphatic heterocycles. The lowest BCUT2D eigenvalue weighted by Gasteiger charge is -2.06. The topological polar surface area (TPSA) is 98.5 Å². The summed E-state index contributed by atoms with van der Waals surface area (Å²) < 4.78 is 9.87. The molecular weight excluding hydrogens is 312 g/mol. The molecule has 126 valence electrons. The summed E-state index contributed by atoms with van der Waals surface area (Å²) in [6.45, 7) is 3.06. The minimum absolute atomic E-state index is 0.100. The number of carbonyl (C=O) groups is 3. The molecule has 1 aromatic heterocycles. The summed E-state index contributed by atoms with van der Waals surface area (Å²) in [4.78, 5) is 35.1. The van der Waals surface area contributed by atoms with Gasteiger partial charge >= 0.3 is 5.97 Å². The highest BCUT2D eigenvalue weighted by Crippen LogP contribution is 2.14. The van der Waals surface area contributed by atoms with Crippen LogP contribution in [0.4, 0.5) is 0 Å². The van der Waals surface area contributed by atoms with E-state index in [1.807, 2.05) is 0 Å². The minimum Gasteiger partial charge on any atom is -0.456 e. The normalized spacial score (nSPS) is 10.2. The first kappa shape index (κ1) is 17.4. The van der Waals surface area contributed by atoms with Gasteiger partial charge in [-0.05, 0) is 32.4 Å². The van der Waals surface area contributed by atoms with Crippen molar-refractivity contribution in [1.82, 2.24) is 10.5 Å². The Kier molecular flexibility index (Phi) is 5.83. The zero-order chi connectivity index (χ0) is 17.5. The summed E-state index contributed by atoms with van der Waals surface area (Å²) in [6, 6.07) is 8.30. The summed E-state index contributed by atoms with van der Waals surface area (Å²) in [6.07, 6.45) is 0.521. The van der Waals surface area contributed by atoms with Gasteiger partial charge in [0.2, 0.25) is 0 Å². The number of nitrogens with one attached hydrogen (secondary N) is 1. The molecule has 0 saturated heterocycles. The smallest absolute Gasteiger partial charge is 0.306 e. The molecule has 0 atom stereocenters. The van der Waals surface area contributed by atoms with Crippen LogP contribution in [0.15, 0.2) is 34.9 Å². The van der Waals surface area contributed by atoms with E-state index >= 15 is 0 Å². The summed E-state index contributed by atoms with van der Waals surface area (Å²) in [5.41, 5.74) is 1.94. The fraction of sp³-hybridized carbons (Fsp3) is 0.294. The molecule has 1 aromatic carbocycles. The predicted molar refractivity (Wildman–Crippen MR) is 84.2 cm³/mol. The monoisotopic (exact) mass is 330 g/mol. The summed E-state index contributed by atoms with van der Waals surface area (Å²) in [7, 11) is 0. The van der Waals surface area contributed by atoms with Crippen molar-refractivity contribution in [2.24, 2.45) is 0 Å². The summed E-state index contributed by atoms with van der Waals surface area (Å²) in [5, 5.41) is 5.96. The first-order valence-corrected chi connectivity index (χ1v) is 7.44. The average Bonchev–Trinajstić information content (AvgIpc) is 2.90. The van der Waals surface area contributed by atoms with Gasteiger partial charge in [-0.25, -0.2) is 0 Å². The molecular formula is C17H18N2O5. The van der Waals surface area contributed by atoms with E-state index in [4.69, 9.17) is 9.26 Å². The van der Waals surface area contributed by atoms with Crippen molar-refractivity contribution in [1.29, 1.82) is 0 Å². The molecule has 2 rings (SSSR count). The van der Waals surface area contributed by atoms with Crippen LogP contribution in [-0.4, -0.2) is 29.5 Å². The Labute approximate surface area is 139 Å². The molecule has 0 spiro atoms. The minimum atomic E-state index is -0.672. The number of ether oxygens (including phenoxy) is 1. The van der Waals surface area contributed by atoms with E-state index in [-0.39, 0.29) is 6.42 Å². The maximum Gasteiger partial charge on any atom is 0.306 e. The second-order valence-corrected chi connectivity index (χ2v) is 5.21. The van der Waals surface area contributed by atoms with E-state index in [1.165, 1.54) is 0 Å². The lowest BCUT2D eigenvalue weighted by Crippen LogP contribution is -2.34. The van der Waals surface area contributed by atoms with Crippen LogP contribution in [0.2, 0.25) is 0 Å². The number of nitrogens with zero attached hydrogens (tertiary/aromatic N) is 1. The first-order valence-electron chi connectivity index (χ1n) is 7.44. The van der Waals surface area contributed by atoms with Gasteiger partial charge in [-0.15, -0.1) is 0 Å². The molecule has 0 bridgehead atoms. The standard InChI is InChI=1S/C17H18N2O5/c1-11-14(12(2)24-19-11)8-9-16(21)23-10-15(20)18-17(22)13-6-4-3-5-7-13/h3-7H,8-10H2,1-2H3,(H,18,20,22). The Morgan fingerprint density at radius 2 is 1.88 bits per heavy atom. The second-order valence-electron chi connectivity index (χ2n) is 5.21. The van der Waals surface area contributed by atoms with Crippen molar-refractivity contribution in [2.45, 2.75) is 26.7 Å². The number of imide groups is 1. The Balaban J connectivity index is 1.73. The van der Waals surface area contributed by atoms with Gasteiger partial charge in [-0.1, -0.05) is 23.4 Å². The van der Waals surface area contributed by atoms with Crippen LogP contribution in [0.25, 0.3) is 0 Å². The molecule has 1 N–H and O–H groups in total. The van der Waals surface area contributed by atoms with E-state index in [2.05, 4.69) is 10.5 Å². The number of esters is 1. The van der Waals surface area contributed by atoms with E-state index < -0.39 is 24.4 Å².